The number of aromatic nitrogens is 2. The fourth-order valence-corrected chi connectivity index (χ4v) is 4.92. The van der Waals surface area contributed by atoms with Crippen molar-refractivity contribution < 1.29 is 17.9 Å². The number of benzene rings is 2. The van der Waals surface area contributed by atoms with Gasteiger partial charge in [0, 0.05) is 44.6 Å². The quantitative estimate of drug-likeness (QED) is 0.446. The molecule has 13 heteroatoms. The third kappa shape index (κ3) is 5.66. The summed E-state index contributed by atoms with van der Waals surface area (Å²) in [6, 6.07) is 11.5. The first-order valence-electron chi connectivity index (χ1n) is 12.2. The molecule has 11 nitrogen and oxygen atoms in total. The molecule has 2 aliphatic rings. The third-order valence-electron chi connectivity index (χ3n) is 6.48. The van der Waals surface area contributed by atoms with Crippen LogP contribution in [0, 0.1) is 0 Å². The van der Waals surface area contributed by atoms with Crippen molar-refractivity contribution in [1.29, 1.82) is 0 Å². The fraction of sp³-hybridized carbons (Fsp3) is 0.360. The largest absolute Gasteiger partial charge is 0.486 e. The monoisotopic (exact) mass is 559 g/mol. The summed E-state index contributed by atoms with van der Waals surface area (Å²) in [5, 5.41) is 6.63. The van der Waals surface area contributed by atoms with Crippen LogP contribution in [-0.2, 0) is 10.0 Å². The van der Waals surface area contributed by atoms with E-state index in [-0.39, 0.29) is 5.02 Å². The molecule has 2 aliphatic heterocycles. The Morgan fingerprint density at radius 2 is 1.71 bits per heavy atom. The zero-order valence-corrected chi connectivity index (χ0v) is 23.0. The Labute approximate surface area is 227 Å². The van der Waals surface area contributed by atoms with Crippen molar-refractivity contribution in [3.8, 4) is 11.5 Å². The highest BCUT2D eigenvalue weighted by atomic mass is 35.5. The number of halogens is 1. The van der Waals surface area contributed by atoms with E-state index in [9.17, 15) is 8.42 Å². The Balaban J connectivity index is 1.38. The van der Waals surface area contributed by atoms with E-state index in [1.807, 2.05) is 12.1 Å². The lowest BCUT2D eigenvalue weighted by atomic mass is 10.2. The van der Waals surface area contributed by atoms with Crippen molar-refractivity contribution in [1.82, 2.24) is 14.9 Å². The van der Waals surface area contributed by atoms with Crippen LogP contribution < -0.4 is 29.3 Å². The topological polar surface area (TPSA) is 112 Å². The number of likely N-dealkylation sites (N-methyl/N-ethyl adjacent to an activating group) is 1. The summed E-state index contributed by atoms with van der Waals surface area (Å²) in [4.78, 5) is 13.5. The number of hydrogen-bond acceptors (Lipinski definition) is 10. The molecule has 1 fully saturated rings. The molecule has 0 radical (unpaired) electrons. The van der Waals surface area contributed by atoms with Crippen LogP contribution in [0.15, 0.2) is 42.6 Å². The van der Waals surface area contributed by atoms with Crippen molar-refractivity contribution in [2.24, 2.45) is 0 Å². The van der Waals surface area contributed by atoms with Crippen LogP contribution in [0.25, 0.3) is 0 Å². The summed E-state index contributed by atoms with van der Waals surface area (Å²) in [7, 11) is -0.0139. The van der Waals surface area contributed by atoms with Gasteiger partial charge in [-0.25, -0.2) is 13.4 Å². The van der Waals surface area contributed by atoms with Crippen LogP contribution in [0.3, 0.4) is 0 Å². The van der Waals surface area contributed by atoms with E-state index in [1.54, 1.807) is 12.1 Å². The molecule has 0 bridgehead atoms. The molecule has 0 aliphatic carbocycles. The molecule has 38 heavy (non-hydrogen) atoms. The van der Waals surface area contributed by atoms with Gasteiger partial charge in [0.05, 0.1) is 18.1 Å². The van der Waals surface area contributed by atoms with Gasteiger partial charge in [-0.05, 0) is 43.4 Å². The maximum Gasteiger partial charge on any atom is 0.232 e. The van der Waals surface area contributed by atoms with Gasteiger partial charge in [-0.1, -0.05) is 11.6 Å². The lowest BCUT2D eigenvalue weighted by Crippen LogP contribution is -2.44. The number of sulfonamides is 1. The van der Waals surface area contributed by atoms with E-state index >= 15 is 0 Å². The van der Waals surface area contributed by atoms with Gasteiger partial charge < -0.3 is 29.9 Å². The van der Waals surface area contributed by atoms with Crippen LogP contribution in [0.5, 0.6) is 11.5 Å². The van der Waals surface area contributed by atoms with Gasteiger partial charge in [0.25, 0.3) is 0 Å². The molecule has 0 amide bonds. The molecule has 0 saturated carbocycles. The van der Waals surface area contributed by atoms with E-state index in [0.717, 1.165) is 42.4 Å². The number of fused-ring (bicyclic) bond motifs is 1. The smallest absolute Gasteiger partial charge is 0.232 e. The molecule has 2 N–H and O–H groups in total. The third-order valence-corrected chi connectivity index (χ3v) is 7.94. The van der Waals surface area contributed by atoms with E-state index in [2.05, 4.69) is 49.6 Å². The van der Waals surface area contributed by atoms with Crippen molar-refractivity contribution in [2.75, 3.05) is 79.6 Å². The Morgan fingerprint density at radius 1 is 1.00 bits per heavy atom. The van der Waals surface area contributed by atoms with Crippen molar-refractivity contribution in [2.45, 2.75) is 0 Å². The van der Waals surface area contributed by atoms with Gasteiger partial charge >= 0.3 is 0 Å². The number of nitrogens with zero attached hydrogens (tertiary/aromatic N) is 5. The van der Waals surface area contributed by atoms with Gasteiger partial charge in [0.1, 0.15) is 23.9 Å². The van der Waals surface area contributed by atoms with Crippen LogP contribution in [-0.4, -0.2) is 83.0 Å². The van der Waals surface area contributed by atoms with Gasteiger partial charge in [-0.3, -0.25) is 4.31 Å². The minimum atomic E-state index is -3.60. The number of piperazine rings is 1. The maximum absolute atomic E-state index is 12.4. The van der Waals surface area contributed by atoms with Crippen LogP contribution in [0.4, 0.5) is 34.5 Å². The number of ether oxygens (including phenoxy) is 2. The predicted octanol–water partition coefficient (Wildman–Crippen LogP) is 3.54. The van der Waals surface area contributed by atoms with Crippen molar-refractivity contribution >= 4 is 56.1 Å². The zero-order chi connectivity index (χ0) is 26.9. The number of hydrogen-bond donors (Lipinski definition) is 2. The molecular formula is C25H30ClN7O4S. The second-order valence-corrected chi connectivity index (χ2v) is 11.6. The van der Waals surface area contributed by atoms with E-state index in [0.29, 0.717) is 47.9 Å². The fourth-order valence-electron chi connectivity index (χ4n) is 4.27. The standard InChI is InChI=1S/C25H30ClN7O4S/c1-31-10-12-33(13-11-31)18-6-4-17(5-7-18)28-25-27-16-19(26)24(30-25)29-20-8-9-21-23(37-15-14-36-21)22(20)32(2)38(3,34)35/h4-9,16H,10-15H2,1-3H3,(H2,27,28,29,30). The number of nitrogens with one attached hydrogen (secondary N) is 2. The van der Waals surface area contributed by atoms with Crippen LogP contribution in [0.1, 0.15) is 0 Å². The Hall–Kier alpha value is -3.48. The normalized spacial score (nSPS) is 15.7. The SMILES string of the molecule is CN1CCN(c2ccc(Nc3ncc(Cl)c(Nc4ccc5c(c4N(C)S(C)(=O)=O)OCCO5)n3)cc2)CC1. The van der Waals surface area contributed by atoms with E-state index in [1.165, 1.54) is 18.9 Å². The van der Waals surface area contributed by atoms with E-state index in [4.69, 9.17) is 21.1 Å². The molecule has 5 rings (SSSR count). The van der Waals surface area contributed by atoms with Crippen LogP contribution >= 0.6 is 11.6 Å². The molecule has 2 aromatic carbocycles. The molecule has 1 saturated heterocycles. The highest BCUT2D eigenvalue weighted by molar-refractivity contribution is 7.92. The molecule has 3 heterocycles. The minimum absolute atomic E-state index is 0.267. The molecular weight excluding hydrogens is 530 g/mol. The molecule has 0 atom stereocenters. The summed E-state index contributed by atoms with van der Waals surface area (Å²) >= 11 is 6.42. The van der Waals surface area contributed by atoms with E-state index < -0.39 is 10.0 Å². The second kappa shape index (κ2) is 10.7. The molecule has 1 aromatic heterocycles. The lowest BCUT2D eigenvalue weighted by molar-refractivity contribution is 0.172. The number of rotatable bonds is 7. The summed E-state index contributed by atoms with van der Waals surface area (Å²) in [6.07, 6.45) is 2.60. The summed E-state index contributed by atoms with van der Waals surface area (Å²) in [5.41, 5.74) is 2.73. The van der Waals surface area contributed by atoms with Crippen LogP contribution in [0.2, 0.25) is 5.02 Å². The van der Waals surface area contributed by atoms with Gasteiger partial charge in [-0.15, -0.1) is 0 Å². The number of anilines is 6. The first-order valence-corrected chi connectivity index (χ1v) is 14.4. The van der Waals surface area contributed by atoms with Crippen molar-refractivity contribution in [3.63, 3.8) is 0 Å². The second-order valence-electron chi connectivity index (χ2n) is 9.19. The maximum atomic E-state index is 12.4. The Kier molecular flexibility index (Phi) is 7.37. The van der Waals surface area contributed by atoms with Crippen molar-refractivity contribution in [3.05, 3.63) is 47.6 Å². The average Bonchev–Trinajstić information content (AvgIpc) is 2.90. The minimum Gasteiger partial charge on any atom is -0.486 e. The molecule has 0 unspecified atom stereocenters. The summed E-state index contributed by atoms with van der Waals surface area (Å²) in [5.74, 6) is 1.43. The highest BCUT2D eigenvalue weighted by Crippen LogP contribution is 2.46. The Bertz CT molecular complexity index is 1410. The summed E-state index contributed by atoms with van der Waals surface area (Å²) < 4.78 is 37.4. The highest BCUT2D eigenvalue weighted by Gasteiger charge is 2.27. The summed E-state index contributed by atoms with van der Waals surface area (Å²) in [6.45, 7) is 4.75. The van der Waals surface area contributed by atoms with Gasteiger partial charge in [0.15, 0.2) is 17.3 Å². The molecule has 0 spiro atoms. The first-order chi connectivity index (χ1) is 18.2. The lowest BCUT2D eigenvalue weighted by Gasteiger charge is -2.34. The molecule has 3 aromatic rings. The molecule has 202 valence electrons. The zero-order valence-electron chi connectivity index (χ0n) is 21.4. The van der Waals surface area contributed by atoms with Gasteiger partial charge in [0.2, 0.25) is 16.0 Å². The van der Waals surface area contributed by atoms with Gasteiger partial charge in [-0.2, -0.15) is 4.98 Å². The average molecular weight is 560 g/mol. The predicted molar refractivity (Wildman–Crippen MR) is 150 cm³/mol. The Morgan fingerprint density at radius 3 is 2.42 bits per heavy atom. The first kappa shape index (κ1) is 26.1.